The number of rotatable bonds is 4. The highest BCUT2D eigenvalue weighted by Crippen LogP contribution is 2.38. The van der Waals surface area contributed by atoms with Gasteiger partial charge in [-0.1, -0.05) is 6.92 Å². The van der Waals surface area contributed by atoms with E-state index in [1.807, 2.05) is 16.7 Å². The highest BCUT2D eigenvalue weighted by Gasteiger charge is 2.50. The number of hydrogen-bond acceptors (Lipinski definition) is 7. The van der Waals surface area contributed by atoms with Crippen molar-refractivity contribution in [1.29, 1.82) is 0 Å². The second-order valence-electron chi connectivity index (χ2n) is 7.46. The number of aliphatic imine (C=N–C) groups is 2. The fourth-order valence-electron chi connectivity index (χ4n) is 4.66. The van der Waals surface area contributed by atoms with Crippen molar-refractivity contribution in [2.24, 2.45) is 27.7 Å². The summed E-state index contributed by atoms with van der Waals surface area (Å²) in [5.74, 6) is 3.13. The summed E-state index contributed by atoms with van der Waals surface area (Å²) in [6.07, 6.45) is 3.71. The second kappa shape index (κ2) is 7.23. The monoisotopic (exact) mass is 378 g/mol. The maximum atomic E-state index is 12.9. The number of allylic oxidation sites excluding steroid dienone is 1. The summed E-state index contributed by atoms with van der Waals surface area (Å²) >= 11 is 1.68. The number of amides is 1. The van der Waals surface area contributed by atoms with Crippen LogP contribution in [0.15, 0.2) is 21.6 Å². The van der Waals surface area contributed by atoms with Gasteiger partial charge in [0.25, 0.3) is 5.88 Å². The molecule has 1 N–H and O–H groups in total. The second-order valence-corrected chi connectivity index (χ2v) is 8.34. The molecule has 0 spiro atoms. The van der Waals surface area contributed by atoms with Gasteiger partial charge in [-0.15, -0.1) is 11.8 Å². The van der Waals surface area contributed by atoms with E-state index in [-0.39, 0.29) is 36.0 Å². The number of ether oxygens (including phenoxy) is 2. The fourth-order valence-corrected chi connectivity index (χ4v) is 5.41. The maximum Gasteiger partial charge on any atom is 0.251 e. The first-order chi connectivity index (χ1) is 12.6. The van der Waals surface area contributed by atoms with Crippen LogP contribution in [0.5, 0.6) is 0 Å². The van der Waals surface area contributed by atoms with Crippen LogP contribution in [0.1, 0.15) is 19.8 Å². The maximum absolute atomic E-state index is 12.9. The number of thioether (sulfide) groups is 1. The lowest BCUT2D eigenvalue weighted by Gasteiger charge is -2.39. The number of carbonyl (C=O) groups is 1. The predicted molar refractivity (Wildman–Crippen MR) is 102 cm³/mol. The molecule has 4 heterocycles. The number of hydrogen-bond donors (Lipinski definition) is 1. The molecule has 0 radical (unpaired) electrons. The highest BCUT2D eigenvalue weighted by atomic mass is 32.2. The van der Waals surface area contributed by atoms with Crippen molar-refractivity contribution < 1.29 is 14.3 Å². The molecule has 6 atom stereocenters. The van der Waals surface area contributed by atoms with Crippen molar-refractivity contribution in [2.75, 3.05) is 26.5 Å². The zero-order valence-electron chi connectivity index (χ0n) is 15.4. The van der Waals surface area contributed by atoms with E-state index in [4.69, 9.17) is 9.47 Å². The van der Waals surface area contributed by atoms with Crippen LogP contribution in [-0.4, -0.2) is 67.3 Å². The van der Waals surface area contributed by atoms with E-state index in [0.717, 1.165) is 30.9 Å². The molecule has 2 saturated heterocycles. The Labute approximate surface area is 158 Å². The molecule has 0 aromatic heterocycles. The van der Waals surface area contributed by atoms with Gasteiger partial charge in [-0.25, -0.2) is 4.99 Å². The van der Waals surface area contributed by atoms with Gasteiger partial charge in [0.2, 0.25) is 5.91 Å². The number of likely N-dealkylation sites (tertiary alicyclic amines) is 1. The predicted octanol–water partition coefficient (Wildman–Crippen LogP) is 1.47. The van der Waals surface area contributed by atoms with Gasteiger partial charge in [-0.05, 0) is 12.3 Å². The Balaban J connectivity index is 1.47. The first-order valence-electron chi connectivity index (χ1n) is 9.17. The van der Waals surface area contributed by atoms with Crippen molar-refractivity contribution in [3.63, 3.8) is 0 Å². The van der Waals surface area contributed by atoms with Crippen LogP contribution in [-0.2, 0) is 14.3 Å². The van der Waals surface area contributed by atoms with Crippen LogP contribution in [0.3, 0.4) is 0 Å². The summed E-state index contributed by atoms with van der Waals surface area (Å²) in [4.78, 5) is 23.8. The Morgan fingerprint density at radius 3 is 2.85 bits per heavy atom. The van der Waals surface area contributed by atoms with Gasteiger partial charge in [-0.3, -0.25) is 9.79 Å². The summed E-state index contributed by atoms with van der Waals surface area (Å²) < 4.78 is 10.7. The molecule has 0 bridgehead atoms. The number of fused-ring (bicyclic) bond motifs is 1. The van der Waals surface area contributed by atoms with E-state index in [1.165, 1.54) is 0 Å². The Morgan fingerprint density at radius 1 is 1.31 bits per heavy atom. The normalized spacial score (nSPS) is 39.5. The Hall–Kier alpha value is -1.54. The zero-order chi connectivity index (χ0) is 18.3. The van der Waals surface area contributed by atoms with Gasteiger partial charge in [0, 0.05) is 42.9 Å². The van der Waals surface area contributed by atoms with Crippen LogP contribution < -0.4 is 5.32 Å². The van der Waals surface area contributed by atoms with Crippen LogP contribution in [0.2, 0.25) is 0 Å². The molecule has 26 heavy (non-hydrogen) atoms. The summed E-state index contributed by atoms with van der Waals surface area (Å²) in [5, 5.41) is 3.75. The van der Waals surface area contributed by atoms with Crippen molar-refractivity contribution in [3.8, 4) is 0 Å². The molecular weight excluding hydrogens is 352 g/mol. The van der Waals surface area contributed by atoms with Gasteiger partial charge in [-0.2, -0.15) is 0 Å². The van der Waals surface area contributed by atoms with Gasteiger partial charge in [0.15, 0.2) is 5.76 Å². The molecule has 2 fully saturated rings. The van der Waals surface area contributed by atoms with E-state index in [9.17, 15) is 4.79 Å². The van der Waals surface area contributed by atoms with E-state index in [0.29, 0.717) is 11.8 Å². The van der Waals surface area contributed by atoms with E-state index >= 15 is 0 Å². The molecule has 142 valence electrons. The summed E-state index contributed by atoms with van der Waals surface area (Å²) in [6, 6.07) is 0.469. The first kappa shape index (κ1) is 17.9. The molecular formula is C18H26N4O3S. The lowest BCUT2D eigenvalue weighted by Crippen LogP contribution is -2.54. The Morgan fingerprint density at radius 2 is 2.15 bits per heavy atom. The lowest BCUT2D eigenvalue weighted by atomic mass is 9.76. The average molecular weight is 378 g/mol. The summed E-state index contributed by atoms with van der Waals surface area (Å²) in [6.45, 7) is 2.94. The lowest BCUT2D eigenvalue weighted by molar-refractivity contribution is -0.134. The molecule has 4 aliphatic heterocycles. The van der Waals surface area contributed by atoms with Gasteiger partial charge >= 0.3 is 0 Å². The molecule has 0 aliphatic carbocycles. The minimum Gasteiger partial charge on any atom is -0.495 e. The van der Waals surface area contributed by atoms with Crippen LogP contribution in [0.4, 0.5) is 0 Å². The van der Waals surface area contributed by atoms with Crippen LogP contribution in [0.25, 0.3) is 0 Å². The van der Waals surface area contributed by atoms with Crippen molar-refractivity contribution in [2.45, 2.75) is 38.0 Å². The summed E-state index contributed by atoms with van der Waals surface area (Å²) in [7, 11) is 3.27. The number of piperidine rings is 1. The SMILES string of the molecule is COC1=C(OC)N=CC(C2CC(C)C3C(=O)N(C4CSC=N4)CC3N2)C1. The molecule has 0 aromatic rings. The zero-order valence-corrected chi connectivity index (χ0v) is 16.2. The van der Waals surface area contributed by atoms with E-state index in [2.05, 4.69) is 22.2 Å². The quantitative estimate of drug-likeness (QED) is 0.802. The third kappa shape index (κ3) is 3.03. The third-order valence-electron chi connectivity index (χ3n) is 5.97. The number of nitrogens with zero attached hydrogens (tertiary/aromatic N) is 3. The number of methoxy groups -OCH3 is 2. The molecule has 8 heteroatoms. The standard InChI is InChI=1S/C18H26N4O3S/c1-10-4-12(11-5-14(24-2)17(25-3)19-6-11)21-13-7-22(18(23)16(10)13)15-8-26-9-20-15/h6,9-13,15-16,21H,4-5,7-8H2,1-3H3. The van der Waals surface area contributed by atoms with Gasteiger partial charge < -0.3 is 19.7 Å². The fraction of sp³-hybridized carbons (Fsp3) is 0.722. The molecule has 6 unspecified atom stereocenters. The van der Waals surface area contributed by atoms with Crippen molar-refractivity contribution >= 4 is 29.4 Å². The Kier molecular flexibility index (Phi) is 4.96. The number of carbonyl (C=O) groups excluding carboxylic acids is 1. The van der Waals surface area contributed by atoms with Crippen molar-refractivity contribution in [1.82, 2.24) is 10.2 Å². The molecule has 0 saturated carbocycles. The Bertz CT molecular complexity index is 665. The minimum atomic E-state index is 0.00841. The smallest absolute Gasteiger partial charge is 0.251 e. The summed E-state index contributed by atoms with van der Waals surface area (Å²) in [5.41, 5.74) is 1.87. The average Bonchev–Trinajstić information content (AvgIpc) is 3.29. The van der Waals surface area contributed by atoms with E-state index < -0.39 is 0 Å². The number of nitrogens with one attached hydrogen (secondary N) is 1. The van der Waals surface area contributed by atoms with Crippen LogP contribution >= 0.6 is 11.8 Å². The largest absolute Gasteiger partial charge is 0.495 e. The molecule has 4 rings (SSSR count). The highest BCUT2D eigenvalue weighted by molar-refractivity contribution is 8.12. The van der Waals surface area contributed by atoms with Gasteiger partial charge in [0.1, 0.15) is 6.17 Å². The molecule has 0 aromatic carbocycles. The topological polar surface area (TPSA) is 75.5 Å². The minimum absolute atomic E-state index is 0.00841. The van der Waals surface area contributed by atoms with Crippen molar-refractivity contribution in [3.05, 3.63) is 11.6 Å². The van der Waals surface area contributed by atoms with E-state index in [1.54, 1.807) is 26.0 Å². The molecule has 1 amide bonds. The van der Waals surface area contributed by atoms with Crippen LogP contribution in [0, 0.1) is 17.8 Å². The molecule has 7 nitrogen and oxygen atoms in total. The third-order valence-corrected chi connectivity index (χ3v) is 6.74. The molecule has 4 aliphatic rings. The van der Waals surface area contributed by atoms with Gasteiger partial charge in [0.05, 0.1) is 25.7 Å². The first-order valence-corrected chi connectivity index (χ1v) is 10.2.